The van der Waals surface area contributed by atoms with Gasteiger partial charge in [-0.15, -0.1) is 6.58 Å². The van der Waals surface area contributed by atoms with Gasteiger partial charge in [0.25, 0.3) is 0 Å². The minimum Gasteiger partial charge on any atom is -0.479 e. The third-order valence-corrected chi connectivity index (χ3v) is 2.64. The van der Waals surface area contributed by atoms with E-state index in [1.807, 2.05) is 25.1 Å². The summed E-state index contributed by atoms with van der Waals surface area (Å²) in [7, 11) is 0. The molecule has 1 rings (SSSR count). The standard InChI is InChI=1S/C14H18O3/c1-3-10-14(13(15)16,17-11-4-2)12-8-6-5-7-9-12/h4-9H,2-3,10-11H2,1H3,(H,15,16). The van der Waals surface area contributed by atoms with Crippen LogP contribution in [0, 0.1) is 0 Å². The second-order valence-corrected chi connectivity index (χ2v) is 3.85. The molecule has 0 fully saturated rings. The maximum Gasteiger partial charge on any atom is 0.340 e. The molecule has 1 N–H and O–H groups in total. The Bertz CT molecular complexity index is 372. The minimum absolute atomic E-state index is 0.223. The van der Waals surface area contributed by atoms with Crippen LogP contribution in [0.5, 0.6) is 0 Å². The fourth-order valence-electron chi connectivity index (χ4n) is 1.85. The van der Waals surface area contributed by atoms with E-state index in [9.17, 15) is 9.90 Å². The van der Waals surface area contributed by atoms with Crippen LogP contribution in [0.3, 0.4) is 0 Å². The topological polar surface area (TPSA) is 46.5 Å². The molecule has 17 heavy (non-hydrogen) atoms. The molecule has 1 unspecified atom stereocenters. The largest absolute Gasteiger partial charge is 0.479 e. The van der Waals surface area contributed by atoms with E-state index >= 15 is 0 Å². The molecule has 1 atom stereocenters. The summed E-state index contributed by atoms with van der Waals surface area (Å²) in [4.78, 5) is 11.6. The molecular weight excluding hydrogens is 216 g/mol. The Kier molecular flexibility index (Phi) is 4.91. The van der Waals surface area contributed by atoms with E-state index in [2.05, 4.69) is 6.58 Å². The van der Waals surface area contributed by atoms with Crippen LogP contribution in [0.25, 0.3) is 0 Å². The highest BCUT2D eigenvalue weighted by Gasteiger charge is 2.40. The molecule has 92 valence electrons. The van der Waals surface area contributed by atoms with Crippen molar-refractivity contribution in [3.8, 4) is 0 Å². The van der Waals surface area contributed by atoms with Gasteiger partial charge in [-0.2, -0.15) is 0 Å². The summed E-state index contributed by atoms with van der Waals surface area (Å²) in [5, 5.41) is 9.48. The SMILES string of the molecule is C=CCOC(CCC)(C(=O)O)c1ccccc1. The van der Waals surface area contributed by atoms with Crippen LogP contribution < -0.4 is 0 Å². The van der Waals surface area contributed by atoms with Gasteiger partial charge in [-0.05, 0) is 12.0 Å². The van der Waals surface area contributed by atoms with Crippen molar-refractivity contribution in [1.29, 1.82) is 0 Å². The Morgan fingerprint density at radius 3 is 2.59 bits per heavy atom. The Hall–Kier alpha value is -1.61. The Labute approximate surface area is 102 Å². The molecule has 0 saturated carbocycles. The molecule has 1 aromatic rings. The zero-order chi connectivity index (χ0) is 12.7. The van der Waals surface area contributed by atoms with Crippen LogP contribution in [0.1, 0.15) is 25.3 Å². The van der Waals surface area contributed by atoms with Crippen LogP contribution in [0.4, 0.5) is 0 Å². The van der Waals surface area contributed by atoms with Gasteiger partial charge in [-0.1, -0.05) is 49.8 Å². The number of carbonyl (C=O) groups is 1. The number of carboxylic acid groups (broad SMARTS) is 1. The molecule has 0 aromatic heterocycles. The quantitative estimate of drug-likeness (QED) is 0.738. The van der Waals surface area contributed by atoms with Gasteiger partial charge in [0.15, 0.2) is 5.60 Å². The highest BCUT2D eigenvalue weighted by molar-refractivity contribution is 5.79. The molecule has 0 radical (unpaired) electrons. The molecule has 0 aliphatic carbocycles. The van der Waals surface area contributed by atoms with E-state index < -0.39 is 11.6 Å². The van der Waals surface area contributed by atoms with E-state index in [0.29, 0.717) is 12.0 Å². The first-order chi connectivity index (χ1) is 8.17. The lowest BCUT2D eigenvalue weighted by Gasteiger charge is -2.29. The van der Waals surface area contributed by atoms with Gasteiger partial charge in [-0.25, -0.2) is 4.79 Å². The summed E-state index contributed by atoms with van der Waals surface area (Å²) in [5.74, 6) is -0.951. The lowest BCUT2D eigenvalue weighted by Crippen LogP contribution is -2.38. The van der Waals surface area contributed by atoms with E-state index in [0.717, 1.165) is 6.42 Å². The second-order valence-electron chi connectivity index (χ2n) is 3.85. The molecule has 0 spiro atoms. The summed E-state index contributed by atoms with van der Waals surface area (Å²) in [6, 6.07) is 9.06. The van der Waals surface area contributed by atoms with E-state index in [4.69, 9.17) is 4.74 Å². The second kappa shape index (κ2) is 6.21. The van der Waals surface area contributed by atoms with Crippen LogP contribution in [-0.2, 0) is 15.1 Å². The molecule has 3 heteroatoms. The zero-order valence-corrected chi connectivity index (χ0v) is 10.1. The van der Waals surface area contributed by atoms with Crippen molar-refractivity contribution in [2.24, 2.45) is 0 Å². The number of benzene rings is 1. The van der Waals surface area contributed by atoms with Crippen molar-refractivity contribution in [3.63, 3.8) is 0 Å². The fraction of sp³-hybridized carbons (Fsp3) is 0.357. The number of hydrogen-bond donors (Lipinski definition) is 1. The third-order valence-electron chi connectivity index (χ3n) is 2.64. The number of hydrogen-bond acceptors (Lipinski definition) is 2. The lowest BCUT2D eigenvalue weighted by molar-refractivity contribution is -0.167. The third kappa shape index (κ3) is 2.94. The molecule has 0 amide bonds. The van der Waals surface area contributed by atoms with Gasteiger partial charge in [0.1, 0.15) is 0 Å². The smallest absolute Gasteiger partial charge is 0.340 e. The van der Waals surface area contributed by atoms with E-state index in [-0.39, 0.29) is 6.61 Å². The molecule has 0 heterocycles. The maximum absolute atomic E-state index is 11.6. The highest BCUT2D eigenvalue weighted by Crippen LogP contribution is 2.31. The predicted octanol–water partition coefficient (Wildman–Crippen LogP) is 2.97. The first kappa shape index (κ1) is 13.5. The van der Waals surface area contributed by atoms with Gasteiger partial charge >= 0.3 is 5.97 Å². The van der Waals surface area contributed by atoms with Crippen LogP contribution >= 0.6 is 0 Å². The van der Waals surface area contributed by atoms with Gasteiger partial charge in [0.2, 0.25) is 0 Å². The van der Waals surface area contributed by atoms with Crippen molar-refractivity contribution in [1.82, 2.24) is 0 Å². The molecule has 0 aliphatic heterocycles. The predicted molar refractivity (Wildman–Crippen MR) is 66.8 cm³/mol. The summed E-state index contributed by atoms with van der Waals surface area (Å²) in [6.07, 6.45) is 2.74. The number of aliphatic carboxylic acids is 1. The summed E-state index contributed by atoms with van der Waals surface area (Å²) < 4.78 is 5.55. The van der Waals surface area contributed by atoms with Crippen LogP contribution in [0.15, 0.2) is 43.0 Å². The van der Waals surface area contributed by atoms with Crippen molar-refractivity contribution in [3.05, 3.63) is 48.6 Å². The van der Waals surface area contributed by atoms with Gasteiger partial charge < -0.3 is 9.84 Å². The Balaban J connectivity index is 3.14. The van der Waals surface area contributed by atoms with Crippen molar-refractivity contribution >= 4 is 5.97 Å². The molecular formula is C14H18O3. The average molecular weight is 234 g/mol. The van der Waals surface area contributed by atoms with E-state index in [1.165, 1.54) is 0 Å². The maximum atomic E-state index is 11.6. The number of ether oxygens (including phenoxy) is 1. The van der Waals surface area contributed by atoms with Crippen LogP contribution in [-0.4, -0.2) is 17.7 Å². The van der Waals surface area contributed by atoms with Crippen molar-refractivity contribution < 1.29 is 14.6 Å². The molecule has 3 nitrogen and oxygen atoms in total. The first-order valence-electron chi connectivity index (χ1n) is 5.71. The molecule has 0 aliphatic rings. The molecule has 1 aromatic carbocycles. The highest BCUT2D eigenvalue weighted by atomic mass is 16.5. The lowest BCUT2D eigenvalue weighted by atomic mass is 9.89. The summed E-state index contributed by atoms with van der Waals surface area (Å²) in [5.41, 5.74) is -0.583. The first-order valence-corrected chi connectivity index (χ1v) is 5.71. The minimum atomic E-state index is -1.26. The van der Waals surface area contributed by atoms with Crippen molar-refractivity contribution in [2.45, 2.75) is 25.4 Å². The number of rotatable bonds is 7. The molecule has 0 bridgehead atoms. The Morgan fingerprint density at radius 1 is 1.47 bits per heavy atom. The van der Waals surface area contributed by atoms with E-state index in [1.54, 1.807) is 18.2 Å². The summed E-state index contributed by atoms with van der Waals surface area (Å²) >= 11 is 0. The fourth-order valence-corrected chi connectivity index (χ4v) is 1.85. The monoisotopic (exact) mass is 234 g/mol. The average Bonchev–Trinajstić information content (AvgIpc) is 2.35. The normalized spacial score (nSPS) is 13.9. The van der Waals surface area contributed by atoms with Gasteiger partial charge in [0.05, 0.1) is 6.61 Å². The van der Waals surface area contributed by atoms with Crippen LogP contribution in [0.2, 0.25) is 0 Å². The zero-order valence-electron chi connectivity index (χ0n) is 10.1. The van der Waals surface area contributed by atoms with Gasteiger partial charge in [-0.3, -0.25) is 0 Å². The molecule has 0 saturated heterocycles. The summed E-state index contributed by atoms with van der Waals surface area (Å²) in [6.45, 7) is 5.72. The number of carboxylic acids is 1. The van der Waals surface area contributed by atoms with Gasteiger partial charge in [0, 0.05) is 0 Å². The Morgan fingerprint density at radius 2 is 2.12 bits per heavy atom. The van der Waals surface area contributed by atoms with Crippen molar-refractivity contribution in [2.75, 3.05) is 6.61 Å².